The predicted molar refractivity (Wildman–Crippen MR) is 84.5 cm³/mol. The van der Waals surface area contributed by atoms with Crippen molar-refractivity contribution >= 4 is 33.2 Å². The summed E-state index contributed by atoms with van der Waals surface area (Å²) in [6.45, 7) is 0.174. The molecule has 4 heteroatoms. The first kappa shape index (κ1) is 13.1. The summed E-state index contributed by atoms with van der Waals surface area (Å²) >= 11 is 3.49. The summed E-state index contributed by atoms with van der Waals surface area (Å²) in [6.07, 6.45) is 0. The molecule has 0 unspecified atom stereocenters. The van der Waals surface area contributed by atoms with Gasteiger partial charge in [0.05, 0.1) is 11.4 Å². The monoisotopic (exact) mass is 328 g/mol. The van der Waals surface area contributed by atoms with Gasteiger partial charge in [-0.05, 0) is 18.2 Å². The highest BCUT2D eigenvalue weighted by Crippen LogP contribution is 2.28. The molecule has 1 aliphatic heterocycles. The highest BCUT2D eigenvalue weighted by Gasteiger charge is 2.22. The molecule has 20 heavy (non-hydrogen) atoms. The quantitative estimate of drug-likeness (QED) is 0.790. The third-order valence-electron chi connectivity index (χ3n) is 3.37. The fourth-order valence-corrected chi connectivity index (χ4v) is 2.67. The number of hydrogen-bond acceptors (Lipinski definition) is 2. The van der Waals surface area contributed by atoms with Gasteiger partial charge < -0.3 is 4.90 Å². The van der Waals surface area contributed by atoms with E-state index in [2.05, 4.69) is 20.9 Å². The highest BCUT2D eigenvalue weighted by atomic mass is 79.9. The Labute approximate surface area is 126 Å². The number of hydrogen-bond donors (Lipinski definition) is 0. The number of halogens is 1. The smallest absolute Gasteiger partial charge is 0.248 e. The van der Waals surface area contributed by atoms with Crippen molar-refractivity contribution in [3.8, 4) is 0 Å². The first-order valence-electron chi connectivity index (χ1n) is 6.33. The van der Waals surface area contributed by atoms with Gasteiger partial charge in [0.15, 0.2) is 0 Å². The van der Waals surface area contributed by atoms with Crippen molar-refractivity contribution in [2.75, 3.05) is 18.5 Å². The molecule has 3 nitrogen and oxygen atoms in total. The van der Waals surface area contributed by atoms with Gasteiger partial charge in [0.1, 0.15) is 6.54 Å². The van der Waals surface area contributed by atoms with Crippen LogP contribution in [0.3, 0.4) is 0 Å². The Morgan fingerprint density at radius 2 is 1.90 bits per heavy atom. The molecule has 3 rings (SSSR count). The number of nitrogens with zero attached hydrogens (tertiary/aromatic N) is 2. The van der Waals surface area contributed by atoms with E-state index in [4.69, 9.17) is 0 Å². The van der Waals surface area contributed by atoms with Crippen LogP contribution in [-0.2, 0) is 4.79 Å². The van der Waals surface area contributed by atoms with E-state index in [-0.39, 0.29) is 12.5 Å². The Morgan fingerprint density at radius 3 is 2.65 bits per heavy atom. The Balaban J connectivity index is 2.23. The Kier molecular flexibility index (Phi) is 3.40. The van der Waals surface area contributed by atoms with Crippen LogP contribution in [0.2, 0.25) is 0 Å². The second kappa shape index (κ2) is 5.21. The molecule has 0 aromatic heterocycles. The van der Waals surface area contributed by atoms with Crippen LogP contribution >= 0.6 is 15.9 Å². The van der Waals surface area contributed by atoms with Crippen molar-refractivity contribution in [2.24, 2.45) is 4.99 Å². The number of likely N-dealkylation sites (N-methyl/N-ethyl adjacent to an activating group) is 1. The summed E-state index contributed by atoms with van der Waals surface area (Å²) in [5.74, 6) is -0.000460. The maximum absolute atomic E-state index is 12.0. The van der Waals surface area contributed by atoms with Gasteiger partial charge >= 0.3 is 0 Å². The lowest BCUT2D eigenvalue weighted by Gasteiger charge is -2.18. The van der Waals surface area contributed by atoms with Crippen LogP contribution in [0, 0.1) is 0 Å². The summed E-state index contributed by atoms with van der Waals surface area (Å²) in [7, 11) is 1.79. The number of carbonyl (C=O) groups excluding carboxylic acids is 1. The first-order chi connectivity index (χ1) is 9.66. The molecular weight excluding hydrogens is 316 g/mol. The predicted octanol–water partition coefficient (Wildman–Crippen LogP) is 3.26. The zero-order valence-corrected chi connectivity index (χ0v) is 12.6. The van der Waals surface area contributed by atoms with Gasteiger partial charge in [-0.25, -0.2) is 0 Å². The Morgan fingerprint density at radius 1 is 1.15 bits per heavy atom. The molecule has 0 saturated heterocycles. The van der Waals surface area contributed by atoms with Crippen LogP contribution in [0.1, 0.15) is 11.1 Å². The van der Waals surface area contributed by atoms with Crippen molar-refractivity contribution in [1.29, 1.82) is 0 Å². The van der Waals surface area contributed by atoms with Crippen molar-refractivity contribution in [1.82, 2.24) is 0 Å². The summed E-state index contributed by atoms with van der Waals surface area (Å²) in [6, 6.07) is 15.9. The van der Waals surface area contributed by atoms with Gasteiger partial charge in [-0.3, -0.25) is 9.79 Å². The zero-order chi connectivity index (χ0) is 14.1. The zero-order valence-electron chi connectivity index (χ0n) is 11.0. The molecule has 0 saturated carbocycles. The molecule has 1 amide bonds. The SMILES string of the molecule is CN1C(=O)CN=C(c2ccccc2)c2cc(Br)ccc21. The number of benzene rings is 2. The third kappa shape index (κ3) is 2.27. The van der Waals surface area contributed by atoms with E-state index in [1.54, 1.807) is 11.9 Å². The number of aliphatic imine (C=N–C) groups is 1. The minimum absolute atomic E-state index is 0.000460. The molecule has 0 bridgehead atoms. The maximum atomic E-state index is 12.0. The van der Waals surface area contributed by atoms with Crippen molar-refractivity contribution in [2.45, 2.75) is 0 Å². The van der Waals surface area contributed by atoms with E-state index in [1.165, 1.54) is 0 Å². The van der Waals surface area contributed by atoms with Gasteiger partial charge in [0.25, 0.3) is 0 Å². The van der Waals surface area contributed by atoms with E-state index in [1.807, 2.05) is 48.5 Å². The van der Waals surface area contributed by atoms with Crippen LogP contribution in [0.4, 0.5) is 5.69 Å². The Hall–Kier alpha value is -1.94. The molecule has 0 radical (unpaired) electrons. The molecule has 100 valence electrons. The molecule has 0 aliphatic carbocycles. The lowest BCUT2D eigenvalue weighted by molar-refractivity contribution is -0.116. The van der Waals surface area contributed by atoms with Gasteiger partial charge in [0.2, 0.25) is 5.91 Å². The van der Waals surface area contributed by atoms with Crippen LogP contribution in [0.15, 0.2) is 58.0 Å². The summed E-state index contributed by atoms with van der Waals surface area (Å²) in [4.78, 5) is 18.2. The molecule has 0 atom stereocenters. The first-order valence-corrected chi connectivity index (χ1v) is 7.12. The van der Waals surface area contributed by atoms with Crippen molar-refractivity contribution in [3.05, 3.63) is 64.1 Å². The minimum atomic E-state index is -0.000460. The third-order valence-corrected chi connectivity index (χ3v) is 3.86. The minimum Gasteiger partial charge on any atom is -0.313 e. The van der Waals surface area contributed by atoms with E-state index in [0.717, 1.165) is 27.0 Å². The van der Waals surface area contributed by atoms with Crippen molar-refractivity contribution in [3.63, 3.8) is 0 Å². The average Bonchev–Trinajstić information content (AvgIpc) is 2.58. The highest BCUT2D eigenvalue weighted by molar-refractivity contribution is 9.10. The average molecular weight is 329 g/mol. The molecule has 1 heterocycles. The number of rotatable bonds is 1. The summed E-state index contributed by atoms with van der Waals surface area (Å²) in [5, 5.41) is 0. The molecule has 0 spiro atoms. The lowest BCUT2D eigenvalue weighted by Crippen LogP contribution is -2.27. The second-order valence-electron chi connectivity index (χ2n) is 4.65. The van der Waals surface area contributed by atoms with Gasteiger partial charge in [-0.2, -0.15) is 0 Å². The molecular formula is C16H13BrN2O. The number of fused-ring (bicyclic) bond motifs is 1. The number of amides is 1. The van der Waals surface area contributed by atoms with Gasteiger partial charge in [-0.1, -0.05) is 46.3 Å². The second-order valence-corrected chi connectivity index (χ2v) is 5.56. The summed E-state index contributed by atoms with van der Waals surface area (Å²) in [5.41, 5.74) is 3.74. The fraction of sp³-hybridized carbons (Fsp3) is 0.125. The molecule has 1 aliphatic rings. The van der Waals surface area contributed by atoms with E-state index < -0.39 is 0 Å². The number of carbonyl (C=O) groups is 1. The van der Waals surface area contributed by atoms with Crippen LogP contribution in [0.5, 0.6) is 0 Å². The number of anilines is 1. The molecule has 2 aromatic carbocycles. The van der Waals surface area contributed by atoms with Gasteiger partial charge in [0, 0.05) is 22.6 Å². The molecule has 0 N–H and O–H groups in total. The topological polar surface area (TPSA) is 32.7 Å². The summed E-state index contributed by atoms with van der Waals surface area (Å²) < 4.78 is 0.975. The normalized spacial score (nSPS) is 14.6. The van der Waals surface area contributed by atoms with Gasteiger partial charge in [-0.15, -0.1) is 0 Å². The molecule has 2 aromatic rings. The van der Waals surface area contributed by atoms with Crippen LogP contribution in [0.25, 0.3) is 0 Å². The fourth-order valence-electron chi connectivity index (χ4n) is 2.31. The van der Waals surface area contributed by atoms with E-state index in [9.17, 15) is 4.79 Å². The maximum Gasteiger partial charge on any atom is 0.248 e. The number of benzodiazepines with no additional fused rings is 1. The Bertz CT molecular complexity index is 695. The lowest BCUT2D eigenvalue weighted by atomic mass is 10.0. The largest absolute Gasteiger partial charge is 0.313 e. The van der Waals surface area contributed by atoms with E-state index in [0.29, 0.717) is 0 Å². The standard InChI is InChI=1S/C16H13BrN2O/c1-19-14-8-7-12(17)9-13(14)16(18-10-15(19)20)11-5-3-2-4-6-11/h2-9H,10H2,1H3. The molecule has 0 fully saturated rings. The van der Waals surface area contributed by atoms with E-state index >= 15 is 0 Å². The van der Waals surface area contributed by atoms with Crippen LogP contribution < -0.4 is 4.90 Å². The van der Waals surface area contributed by atoms with Crippen molar-refractivity contribution < 1.29 is 4.79 Å². The van der Waals surface area contributed by atoms with Crippen LogP contribution in [-0.4, -0.2) is 25.2 Å².